The van der Waals surface area contributed by atoms with Gasteiger partial charge in [-0.25, -0.2) is 9.37 Å². The van der Waals surface area contributed by atoms with E-state index in [0.717, 1.165) is 24.5 Å². The summed E-state index contributed by atoms with van der Waals surface area (Å²) in [6, 6.07) is 2.62. The van der Waals surface area contributed by atoms with E-state index >= 15 is 0 Å². The summed E-state index contributed by atoms with van der Waals surface area (Å²) in [6.07, 6.45) is 5.75. The van der Waals surface area contributed by atoms with E-state index in [9.17, 15) is 9.18 Å². The number of nitrogens with two attached hydrogens (primary N) is 2. The molecule has 2 heterocycles. The fourth-order valence-corrected chi connectivity index (χ4v) is 2.52. The molecule has 2 atom stereocenters. The average molecular weight is 358 g/mol. The number of rotatable bonds is 7. The van der Waals surface area contributed by atoms with Crippen LogP contribution < -0.4 is 22.1 Å². The van der Waals surface area contributed by atoms with E-state index in [4.69, 9.17) is 11.5 Å². The third-order valence-electron chi connectivity index (χ3n) is 4.47. The summed E-state index contributed by atoms with van der Waals surface area (Å²) in [7, 11) is 0. The van der Waals surface area contributed by atoms with Crippen molar-refractivity contribution in [3.05, 3.63) is 41.5 Å². The molecule has 0 radical (unpaired) electrons. The minimum Gasteiger partial charge on any atom is -0.365 e. The van der Waals surface area contributed by atoms with Crippen molar-refractivity contribution in [1.82, 2.24) is 9.97 Å². The molecule has 1 saturated carbocycles. The van der Waals surface area contributed by atoms with Crippen molar-refractivity contribution < 1.29 is 9.18 Å². The smallest absolute Gasteiger partial charge is 0.252 e. The minimum absolute atomic E-state index is 0.00797. The number of nitrogens with zero attached hydrogens (tertiary/aromatic N) is 2. The van der Waals surface area contributed by atoms with Crippen LogP contribution in [0.5, 0.6) is 0 Å². The molecule has 1 aliphatic carbocycles. The van der Waals surface area contributed by atoms with Gasteiger partial charge >= 0.3 is 0 Å². The van der Waals surface area contributed by atoms with Gasteiger partial charge in [0.25, 0.3) is 5.91 Å². The number of hydrogen-bond acceptors (Lipinski definition) is 6. The number of carbonyl (C=O) groups excluding carboxylic acids is 1. The van der Waals surface area contributed by atoms with Crippen LogP contribution in [0.1, 0.15) is 48.5 Å². The van der Waals surface area contributed by atoms with E-state index in [1.165, 1.54) is 0 Å². The highest BCUT2D eigenvalue weighted by atomic mass is 19.1. The van der Waals surface area contributed by atoms with Gasteiger partial charge in [0.2, 0.25) is 0 Å². The third kappa shape index (κ3) is 4.08. The van der Waals surface area contributed by atoms with E-state index in [-0.39, 0.29) is 29.3 Å². The number of hydrogen-bond donors (Lipinski definition) is 4. The molecule has 2 aromatic rings. The van der Waals surface area contributed by atoms with E-state index in [1.807, 2.05) is 26.1 Å². The van der Waals surface area contributed by atoms with Gasteiger partial charge in [0, 0.05) is 18.3 Å². The van der Waals surface area contributed by atoms with E-state index < -0.39 is 11.7 Å². The summed E-state index contributed by atoms with van der Waals surface area (Å²) in [6.45, 7) is 3.63. The lowest BCUT2D eigenvalue weighted by Crippen LogP contribution is -2.35. The van der Waals surface area contributed by atoms with Crippen molar-refractivity contribution in [2.45, 2.75) is 44.7 Å². The molecular formula is C18H23FN6O. The Bertz CT molecular complexity index is 821. The fraction of sp³-hybridized carbons (Fsp3) is 0.389. The molecule has 0 saturated heterocycles. The number of halogens is 1. The minimum atomic E-state index is -0.767. The molecule has 3 rings (SSSR count). The Labute approximate surface area is 151 Å². The number of amides is 1. The molecule has 0 aromatic carbocycles. The first-order valence-electron chi connectivity index (χ1n) is 8.59. The maximum atomic E-state index is 14.3. The Hall–Kier alpha value is -2.74. The summed E-state index contributed by atoms with van der Waals surface area (Å²) in [5.74, 6) is -0.717. The maximum absolute atomic E-state index is 14.3. The van der Waals surface area contributed by atoms with Gasteiger partial charge in [-0.2, -0.15) is 0 Å². The summed E-state index contributed by atoms with van der Waals surface area (Å²) < 4.78 is 14.3. The zero-order valence-corrected chi connectivity index (χ0v) is 14.8. The molecule has 7 nitrogen and oxygen atoms in total. The molecule has 1 aliphatic rings. The number of aromatic nitrogens is 2. The number of carbonyl (C=O) groups is 1. The first-order chi connectivity index (χ1) is 12.3. The molecule has 6 N–H and O–H groups in total. The van der Waals surface area contributed by atoms with Crippen molar-refractivity contribution in [2.24, 2.45) is 11.5 Å². The molecule has 26 heavy (non-hydrogen) atoms. The molecule has 1 amide bonds. The lowest BCUT2D eigenvalue weighted by Gasteiger charge is -2.20. The van der Waals surface area contributed by atoms with Crippen molar-refractivity contribution in [1.29, 1.82) is 0 Å². The van der Waals surface area contributed by atoms with Crippen LogP contribution in [0.25, 0.3) is 0 Å². The molecule has 2 unspecified atom stereocenters. The summed E-state index contributed by atoms with van der Waals surface area (Å²) in [5.41, 5.74) is 13.0. The number of pyridine rings is 2. The standard InChI is InChI=1S/C18H23FN6O/c1-9(20)10(2)23-18-15(19)6-14(16(21)26)17(25-18)24-13-5-12(7-22-8-13)11-3-4-11/h5-11H,3-4,20H2,1-2H3,(H2,21,26)(H2,23,24,25). The topological polar surface area (TPSA) is 119 Å². The highest BCUT2D eigenvalue weighted by Gasteiger charge is 2.24. The van der Waals surface area contributed by atoms with Crippen molar-refractivity contribution in [3.63, 3.8) is 0 Å². The average Bonchev–Trinajstić information content (AvgIpc) is 3.42. The lowest BCUT2D eigenvalue weighted by atomic mass is 10.1. The van der Waals surface area contributed by atoms with Gasteiger partial charge in [0.15, 0.2) is 11.6 Å². The summed E-state index contributed by atoms with van der Waals surface area (Å²) in [5, 5.41) is 5.96. The van der Waals surface area contributed by atoms with Gasteiger partial charge in [-0.15, -0.1) is 0 Å². The monoisotopic (exact) mass is 358 g/mol. The van der Waals surface area contributed by atoms with Crippen molar-refractivity contribution in [3.8, 4) is 0 Å². The quantitative estimate of drug-likeness (QED) is 0.604. The number of primary amides is 1. The molecule has 1 fully saturated rings. The maximum Gasteiger partial charge on any atom is 0.252 e. The van der Waals surface area contributed by atoms with Crippen LogP contribution in [0, 0.1) is 5.82 Å². The third-order valence-corrected chi connectivity index (χ3v) is 4.47. The normalized spacial score (nSPS) is 16.0. The number of anilines is 3. The Morgan fingerprint density at radius 1 is 1.27 bits per heavy atom. The number of nitrogens with one attached hydrogen (secondary N) is 2. The molecule has 138 valence electrons. The van der Waals surface area contributed by atoms with E-state index in [2.05, 4.69) is 20.6 Å². The van der Waals surface area contributed by atoms with Crippen LogP contribution in [-0.2, 0) is 0 Å². The predicted octanol–water partition coefficient (Wildman–Crippen LogP) is 2.48. The first kappa shape index (κ1) is 18.1. The predicted molar refractivity (Wildman–Crippen MR) is 98.9 cm³/mol. The molecule has 8 heteroatoms. The van der Waals surface area contributed by atoms with Crippen LogP contribution in [0.3, 0.4) is 0 Å². The lowest BCUT2D eigenvalue weighted by molar-refractivity contribution is 0.100. The molecule has 0 spiro atoms. The van der Waals surface area contributed by atoms with Crippen LogP contribution in [0.15, 0.2) is 24.5 Å². The summed E-state index contributed by atoms with van der Waals surface area (Å²) in [4.78, 5) is 20.1. The second-order valence-corrected chi connectivity index (χ2v) is 6.78. The van der Waals surface area contributed by atoms with Gasteiger partial charge in [-0.3, -0.25) is 9.78 Å². The largest absolute Gasteiger partial charge is 0.365 e. The Morgan fingerprint density at radius 2 is 2.00 bits per heavy atom. The van der Waals surface area contributed by atoms with Gasteiger partial charge in [-0.05, 0) is 50.3 Å². The van der Waals surface area contributed by atoms with Crippen LogP contribution in [0.4, 0.5) is 21.7 Å². The Balaban J connectivity index is 1.92. The fourth-order valence-electron chi connectivity index (χ4n) is 2.52. The van der Waals surface area contributed by atoms with E-state index in [0.29, 0.717) is 11.6 Å². The van der Waals surface area contributed by atoms with Gasteiger partial charge in [0.05, 0.1) is 17.4 Å². The van der Waals surface area contributed by atoms with Crippen LogP contribution >= 0.6 is 0 Å². The zero-order chi connectivity index (χ0) is 18.8. The Kier molecular flexibility index (Phi) is 5.03. The zero-order valence-electron chi connectivity index (χ0n) is 14.8. The van der Waals surface area contributed by atoms with Crippen molar-refractivity contribution in [2.75, 3.05) is 10.6 Å². The van der Waals surface area contributed by atoms with Gasteiger partial charge in [0.1, 0.15) is 5.82 Å². The second kappa shape index (κ2) is 7.25. The van der Waals surface area contributed by atoms with Crippen molar-refractivity contribution >= 4 is 23.2 Å². The van der Waals surface area contributed by atoms with Gasteiger partial charge in [-0.1, -0.05) is 0 Å². The molecule has 2 aromatic heterocycles. The van der Waals surface area contributed by atoms with E-state index in [1.54, 1.807) is 6.20 Å². The van der Waals surface area contributed by atoms with Crippen LogP contribution in [0.2, 0.25) is 0 Å². The second-order valence-electron chi connectivity index (χ2n) is 6.78. The highest BCUT2D eigenvalue weighted by Crippen LogP contribution is 2.40. The summed E-state index contributed by atoms with van der Waals surface area (Å²) >= 11 is 0. The highest BCUT2D eigenvalue weighted by molar-refractivity contribution is 5.98. The van der Waals surface area contributed by atoms with Crippen LogP contribution in [-0.4, -0.2) is 28.0 Å². The molecule has 0 bridgehead atoms. The molecule has 0 aliphatic heterocycles. The first-order valence-corrected chi connectivity index (χ1v) is 8.59. The Morgan fingerprint density at radius 3 is 2.62 bits per heavy atom. The van der Waals surface area contributed by atoms with Gasteiger partial charge < -0.3 is 22.1 Å². The molecular weight excluding hydrogens is 335 g/mol. The SMILES string of the molecule is CC(N)C(C)Nc1nc(Nc2cncc(C3CC3)c2)c(C(N)=O)cc1F.